The standard InChI is InChI=1S/C27H24N4O3/c32-25(29-17-15-21-8-3-1-4-9-21)20-34-26(33)14-13-23-19-31(24-11-5-2-6-12-24)30-27(23)22-10-7-16-28-18-22/h1-14,16,18-19H,15,17,20H2,(H,29,32)/b14-13+. The molecule has 1 amide bonds. The summed E-state index contributed by atoms with van der Waals surface area (Å²) in [7, 11) is 0. The van der Waals surface area contributed by atoms with Crippen molar-refractivity contribution in [2.24, 2.45) is 0 Å². The van der Waals surface area contributed by atoms with Gasteiger partial charge < -0.3 is 10.1 Å². The molecule has 0 atom stereocenters. The van der Waals surface area contributed by atoms with Gasteiger partial charge in [0.2, 0.25) is 0 Å². The first-order valence-electron chi connectivity index (χ1n) is 10.9. The number of aromatic nitrogens is 3. The molecule has 34 heavy (non-hydrogen) atoms. The molecule has 2 heterocycles. The van der Waals surface area contributed by atoms with E-state index in [2.05, 4.69) is 15.4 Å². The number of carbonyl (C=O) groups is 2. The van der Waals surface area contributed by atoms with Gasteiger partial charge in [-0.3, -0.25) is 9.78 Å². The Morgan fingerprint density at radius 2 is 1.74 bits per heavy atom. The average molecular weight is 453 g/mol. The summed E-state index contributed by atoms with van der Waals surface area (Å²) in [6.07, 6.45) is 8.87. The minimum absolute atomic E-state index is 0.337. The van der Waals surface area contributed by atoms with Crippen molar-refractivity contribution < 1.29 is 14.3 Å². The van der Waals surface area contributed by atoms with Gasteiger partial charge in [-0.1, -0.05) is 48.5 Å². The highest BCUT2D eigenvalue weighted by atomic mass is 16.5. The molecule has 0 radical (unpaired) electrons. The van der Waals surface area contributed by atoms with E-state index in [4.69, 9.17) is 4.74 Å². The third kappa shape index (κ3) is 6.26. The van der Waals surface area contributed by atoms with E-state index in [-0.39, 0.29) is 12.5 Å². The lowest BCUT2D eigenvalue weighted by atomic mass is 10.1. The molecule has 2 aromatic heterocycles. The minimum atomic E-state index is -0.609. The van der Waals surface area contributed by atoms with E-state index < -0.39 is 5.97 Å². The largest absolute Gasteiger partial charge is 0.452 e. The van der Waals surface area contributed by atoms with Gasteiger partial charge in [-0.25, -0.2) is 9.48 Å². The predicted octanol–water partition coefficient (Wildman–Crippen LogP) is 3.85. The zero-order valence-corrected chi connectivity index (χ0v) is 18.5. The second kappa shape index (κ2) is 11.4. The van der Waals surface area contributed by atoms with E-state index in [1.807, 2.05) is 79.0 Å². The maximum absolute atomic E-state index is 12.2. The molecule has 0 aliphatic rings. The molecule has 4 rings (SSSR count). The van der Waals surface area contributed by atoms with E-state index in [1.165, 1.54) is 6.08 Å². The second-order valence-electron chi connectivity index (χ2n) is 7.48. The Morgan fingerprint density at radius 3 is 2.47 bits per heavy atom. The highest BCUT2D eigenvalue weighted by Gasteiger charge is 2.11. The number of amides is 1. The molecule has 7 nitrogen and oxygen atoms in total. The second-order valence-corrected chi connectivity index (χ2v) is 7.48. The molecule has 0 fully saturated rings. The average Bonchev–Trinajstić information content (AvgIpc) is 3.32. The lowest BCUT2D eigenvalue weighted by Crippen LogP contribution is -2.30. The quantitative estimate of drug-likeness (QED) is 0.308. The summed E-state index contributed by atoms with van der Waals surface area (Å²) < 4.78 is 6.83. The van der Waals surface area contributed by atoms with Gasteiger partial charge in [0, 0.05) is 42.3 Å². The van der Waals surface area contributed by atoms with Crippen LogP contribution in [0.15, 0.2) is 97.5 Å². The van der Waals surface area contributed by atoms with Crippen molar-refractivity contribution in [2.45, 2.75) is 6.42 Å². The third-order valence-corrected chi connectivity index (χ3v) is 5.02. The fourth-order valence-corrected chi connectivity index (χ4v) is 3.33. The summed E-state index contributed by atoms with van der Waals surface area (Å²) in [6, 6.07) is 23.3. The topological polar surface area (TPSA) is 86.1 Å². The van der Waals surface area contributed by atoms with Crippen molar-refractivity contribution in [1.82, 2.24) is 20.1 Å². The van der Waals surface area contributed by atoms with Crippen molar-refractivity contribution in [3.8, 4) is 16.9 Å². The molecular weight excluding hydrogens is 428 g/mol. The number of hydrogen-bond donors (Lipinski definition) is 1. The summed E-state index contributed by atoms with van der Waals surface area (Å²) in [5, 5.41) is 7.42. The van der Waals surface area contributed by atoms with Crippen LogP contribution in [0.3, 0.4) is 0 Å². The van der Waals surface area contributed by atoms with Gasteiger partial charge >= 0.3 is 5.97 Å². The summed E-state index contributed by atoms with van der Waals surface area (Å²) in [4.78, 5) is 28.4. The molecule has 0 aliphatic carbocycles. The van der Waals surface area contributed by atoms with Crippen LogP contribution in [0.1, 0.15) is 11.1 Å². The van der Waals surface area contributed by atoms with Crippen molar-refractivity contribution in [3.05, 3.63) is 109 Å². The van der Waals surface area contributed by atoms with Crippen molar-refractivity contribution in [2.75, 3.05) is 13.2 Å². The van der Waals surface area contributed by atoms with Crippen molar-refractivity contribution in [1.29, 1.82) is 0 Å². The van der Waals surface area contributed by atoms with E-state index in [0.717, 1.165) is 22.4 Å². The van der Waals surface area contributed by atoms with Crippen LogP contribution in [0.2, 0.25) is 0 Å². The first kappa shape index (κ1) is 22.7. The summed E-state index contributed by atoms with van der Waals surface area (Å²) in [5.74, 6) is -0.951. The number of nitrogens with one attached hydrogen (secondary N) is 1. The molecule has 0 saturated heterocycles. The van der Waals surface area contributed by atoms with Crippen LogP contribution in [-0.4, -0.2) is 39.8 Å². The van der Waals surface area contributed by atoms with E-state index in [9.17, 15) is 9.59 Å². The summed E-state index contributed by atoms with van der Waals surface area (Å²) in [5.41, 5.74) is 4.24. The molecule has 4 aromatic rings. The zero-order valence-electron chi connectivity index (χ0n) is 18.5. The summed E-state index contributed by atoms with van der Waals surface area (Å²) in [6.45, 7) is 0.139. The van der Waals surface area contributed by atoms with Gasteiger partial charge in [-0.2, -0.15) is 5.10 Å². The monoisotopic (exact) mass is 452 g/mol. The Morgan fingerprint density at radius 1 is 0.971 bits per heavy atom. The fraction of sp³-hybridized carbons (Fsp3) is 0.111. The minimum Gasteiger partial charge on any atom is -0.452 e. The van der Waals surface area contributed by atoms with E-state index >= 15 is 0 Å². The smallest absolute Gasteiger partial charge is 0.331 e. The predicted molar refractivity (Wildman–Crippen MR) is 130 cm³/mol. The van der Waals surface area contributed by atoms with Crippen LogP contribution in [0.4, 0.5) is 0 Å². The molecule has 0 spiro atoms. The normalized spacial score (nSPS) is 10.8. The Kier molecular flexibility index (Phi) is 7.58. The Balaban J connectivity index is 1.37. The molecule has 170 valence electrons. The third-order valence-electron chi connectivity index (χ3n) is 5.02. The first-order valence-corrected chi connectivity index (χ1v) is 10.9. The van der Waals surface area contributed by atoms with Crippen LogP contribution in [0, 0.1) is 0 Å². The first-order chi connectivity index (χ1) is 16.7. The molecule has 0 aliphatic heterocycles. The maximum Gasteiger partial charge on any atom is 0.331 e. The van der Waals surface area contributed by atoms with Gasteiger partial charge in [0.25, 0.3) is 5.91 Å². The number of esters is 1. The van der Waals surface area contributed by atoms with Crippen molar-refractivity contribution >= 4 is 18.0 Å². The van der Waals surface area contributed by atoms with Gasteiger partial charge in [-0.05, 0) is 42.3 Å². The number of benzene rings is 2. The zero-order chi connectivity index (χ0) is 23.6. The Labute approximate surface area is 197 Å². The van der Waals surface area contributed by atoms with E-state index in [0.29, 0.717) is 18.7 Å². The van der Waals surface area contributed by atoms with Gasteiger partial charge in [0.15, 0.2) is 6.61 Å². The van der Waals surface area contributed by atoms with Crippen LogP contribution >= 0.6 is 0 Å². The number of carbonyl (C=O) groups excluding carboxylic acids is 2. The molecule has 0 bridgehead atoms. The van der Waals surface area contributed by atoms with Gasteiger partial charge in [-0.15, -0.1) is 0 Å². The molecule has 0 saturated carbocycles. The highest BCUT2D eigenvalue weighted by Crippen LogP contribution is 2.24. The van der Waals surface area contributed by atoms with Gasteiger partial charge in [0.05, 0.1) is 5.69 Å². The van der Waals surface area contributed by atoms with Gasteiger partial charge in [0.1, 0.15) is 5.69 Å². The number of ether oxygens (including phenoxy) is 1. The number of pyridine rings is 1. The van der Waals surface area contributed by atoms with Crippen molar-refractivity contribution in [3.63, 3.8) is 0 Å². The highest BCUT2D eigenvalue weighted by molar-refractivity contribution is 5.90. The van der Waals surface area contributed by atoms with E-state index in [1.54, 1.807) is 23.2 Å². The number of para-hydroxylation sites is 1. The van der Waals surface area contributed by atoms with Crippen LogP contribution < -0.4 is 5.32 Å². The maximum atomic E-state index is 12.2. The van der Waals surface area contributed by atoms with Crippen LogP contribution in [0.5, 0.6) is 0 Å². The molecule has 2 aromatic carbocycles. The number of rotatable bonds is 9. The molecule has 0 unspecified atom stereocenters. The Hall–Kier alpha value is -4.52. The SMILES string of the molecule is O=C(COC(=O)/C=C/c1cn(-c2ccccc2)nc1-c1cccnc1)NCCc1ccccc1. The number of nitrogens with zero attached hydrogens (tertiary/aromatic N) is 3. The molecule has 1 N–H and O–H groups in total. The fourth-order valence-electron chi connectivity index (χ4n) is 3.33. The van der Waals surface area contributed by atoms with Crippen LogP contribution in [0.25, 0.3) is 23.0 Å². The molecule has 7 heteroatoms. The summed E-state index contributed by atoms with van der Waals surface area (Å²) >= 11 is 0. The lowest BCUT2D eigenvalue weighted by Gasteiger charge is -2.05. The molecular formula is C27H24N4O3. The number of hydrogen-bond acceptors (Lipinski definition) is 5. The Bertz CT molecular complexity index is 1250. The lowest BCUT2D eigenvalue weighted by molar-refractivity contribution is -0.143. The van der Waals surface area contributed by atoms with Crippen LogP contribution in [-0.2, 0) is 20.7 Å².